The Kier molecular flexibility index (Phi) is 5.26. The number of aliphatic hydroxyl groups is 1. The highest BCUT2D eigenvalue weighted by molar-refractivity contribution is 4.78. The summed E-state index contributed by atoms with van der Waals surface area (Å²) in [7, 11) is 0. The first-order valence-electron chi connectivity index (χ1n) is 7.39. The predicted octanol–water partition coefficient (Wildman–Crippen LogP) is 1.61. The molecule has 2 aliphatic heterocycles. The van der Waals surface area contributed by atoms with E-state index in [0.29, 0.717) is 5.92 Å². The molecule has 2 rings (SSSR count). The number of nitrogens with one attached hydrogen (secondary N) is 1. The van der Waals surface area contributed by atoms with Gasteiger partial charge in [0.15, 0.2) is 0 Å². The van der Waals surface area contributed by atoms with E-state index in [1.807, 2.05) is 6.92 Å². The van der Waals surface area contributed by atoms with Gasteiger partial charge in [-0.25, -0.2) is 0 Å². The van der Waals surface area contributed by atoms with Crippen LogP contribution in [0.4, 0.5) is 0 Å². The van der Waals surface area contributed by atoms with Gasteiger partial charge in [0.2, 0.25) is 0 Å². The van der Waals surface area contributed by atoms with Gasteiger partial charge in [-0.05, 0) is 71.1 Å². The van der Waals surface area contributed by atoms with Gasteiger partial charge in [0.05, 0.1) is 6.10 Å². The minimum absolute atomic E-state index is 0.114. The summed E-state index contributed by atoms with van der Waals surface area (Å²) < 4.78 is 0. The van der Waals surface area contributed by atoms with Crippen molar-refractivity contribution in [2.24, 2.45) is 5.92 Å². The monoisotopic (exact) mass is 240 g/mol. The largest absolute Gasteiger partial charge is 0.393 e. The molecule has 3 heteroatoms. The summed E-state index contributed by atoms with van der Waals surface area (Å²) >= 11 is 0. The Hall–Kier alpha value is -0.120. The van der Waals surface area contributed by atoms with Crippen LogP contribution in [-0.2, 0) is 0 Å². The Morgan fingerprint density at radius 3 is 2.59 bits per heavy atom. The number of hydrogen-bond acceptors (Lipinski definition) is 3. The fourth-order valence-corrected chi connectivity index (χ4v) is 3.17. The maximum Gasteiger partial charge on any atom is 0.0541 e. The standard InChI is InChI=1S/C14H28N2O/c1-12(17)13-5-9-16(10-6-13)11-7-14-4-2-3-8-15-14/h12-15,17H,2-11H2,1H3. The number of aliphatic hydroxyl groups excluding tert-OH is 1. The summed E-state index contributed by atoms with van der Waals surface area (Å²) in [5.41, 5.74) is 0. The van der Waals surface area contributed by atoms with Gasteiger partial charge < -0.3 is 15.3 Å². The van der Waals surface area contributed by atoms with Crippen molar-refractivity contribution in [1.82, 2.24) is 10.2 Å². The van der Waals surface area contributed by atoms with E-state index in [1.165, 1.54) is 64.7 Å². The van der Waals surface area contributed by atoms with Gasteiger partial charge >= 0.3 is 0 Å². The van der Waals surface area contributed by atoms with Crippen LogP contribution in [0.15, 0.2) is 0 Å². The number of piperidine rings is 2. The Balaban J connectivity index is 1.61. The average molecular weight is 240 g/mol. The van der Waals surface area contributed by atoms with Crippen molar-refractivity contribution in [3.05, 3.63) is 0 Å². The molecular formula is C14H28N2O. The summed E-state index contributed by atoms with van der Waals surface area (Å²) in [5.74, 6) is 0.541. The Bertz CT molecular complexity index is 206. The van der Waals surface area contributed by atoms with Crippen molar-refractivity contribution >= 4 is 0 Å². The lowest BCUT2D eigenvalue weighted by Gasteiger charge is -2.34. The second-order valence-corrected chi connectivity index (χ2v) is 5.86. The van der Waals surface area contributed by atoms with Crippen LogP contribution >= 0.6 is 0 Å². The molecule has 0 aromatic rings. The number of nitrogens with zero attached hydrogens (tertiary/aromatic N) is 1. The van der Waals surface area contributed by atoms with E-state index in [1.54, 1.807) is 0 Å². The minimum atomic E-state index is -0.114. The van der Waals surface area contributed by atoms with Gasteiger partial charge in [0, 0.05) is 6.04 Å². The highest BCUT2D eigenvalue weighted by Gasteiger charge is 2.23. The quantitative estimate of drug-likeness (QED) is 0.784. The summed E-state index contributed by atoms with van der Waals surface area (Å²) in [4.78, 5) is 2.58. The van der Waals surface area contributed by atoms with Crippen molar-refractivity contribution in [3.63, 3.8) is 0 Å². The first kappa shape index (κ1) is 13.3. The third kappa shape index (κ3) is 4.23. The van der Waals surface area contributed by atoms with Crippen molar-refractivity contribution in [1.29, 1.82) is 0 Å². The maximum absolute atomic E-state index is 9.57. The van der Waals surface area contributed by atoms with Crippen molar-refractivity contribution < 1.29 is 5.11 Å². The Labute approximate surface area is 106 Å². The molecule has 0 amide bonds. The molecule has 17 heavy (non-hydrogen) atoms. The molecule has 3 nitrogen and oxygen atoms in total. The fourth-order valence-electron chi connectivity index (χ4n) is 3.17. The first-order valence-corrected chi connectivity index (χ1v) is 7.39. The van der Waals surface area contributed by atoms with E-state index in [9.17, 15) is 5.11 Å². The summed E-state index contributed by atoms with van der Waals surface area (Å²) in [5, 5.41) is 13.2. The SMILES string of the molecule is CC(O)C1CCN(CCC2CCCCN2)CC1. The van der Waals surface area contributed by atoms with Crippen LogP contribution in [-0.4, -0.2) is 48.3 Å². The zero-order valence-electron chi connectivity index (χ0n) is 11.2. The van der Waals surface area contributed by atoms with Crippen LogP contribution in [0.3, 0.4) is 0 Å². The maximum atomic E-state index is 9.57. The fraction of sp³-hybridized carbons (Fsp3) is 1.00. The van der Waals surface area contributed by atoms with E-state index in [0.717, 1.165) is 6.04 Å². The molecule has 0 aromatic carbocycles. The molecule has 2 N–H and O–H groups in total. The normalized spacial score (nSPS) is 30.4. The molecule has 0 saturated carbocycles. The Morgan fingerprint density at radius 1 is 1.24 bits per heavy atom. The van der Waals surface area contributed by atoms with Gasteiger partial charge in [-0.2, -0.15) is 0 Å². The lowest BCUT2D eigenvalue weighted by molar-refractivity contribution is 0.0702. The summed E-state index contributed by atoms with van der Waals surface area (Å²) in [6, 6.07) is 0.762. The number of likely N-dealkylation sites (tertiary alicyclic amines) is 1. The molecule has 0 aromatic heterocycles. The van der Waals surface area contributed by atoms with Gasteiger partial charge in [0.25, 0.3) is 0 Å². The lowest BCUT2D eigenvalue weighted by Crippen LogP contribution is -2.41. The number of rotatable bonds is 4. The van der Waals surface area contributed by atoms with Gasteiger partial charge in [0.1, 0.15) is 0 Å². The zero-order valence-corrected chi connectivity index (χ0v) is 11.2. The van der Waals surface area contributed by atoms with Crippen LogP contribution in [0.2, 0.25) is 0 Å². The summed E-state index contributed by atoms with van der Waals surface area (Å²) in [6.07, 6.45) is 7.67. The minimum Gasteiger partial charge on any atom is -0.393 e. The van der Waals surface area contributed by atoms with Gasteiger partial charge in [-0.1, -0.05) is 6.42 Å². The van der Waals surface area contributed by atoms with E-state index in [-0.39, 0.29) is 6.10 Å². The van der Waals surface area contributed by atoms with Crippen molar-refractivity contribution in [2.45, 2.75) is 57.6 Å². The molecule has 0 radical (unpaired) electrons. The van der Waals surface area contributed by atoms with E-state index >= 15 is 0 Å². The second kappa shape index (κ2) is 6.72. The van der Waals surface area contributed by atoms with E-state index in [4.69, 9.17) is 0 Å². The molecule has 2 saturated heterocycles. The molecule has 2 unspecified atom stereocenters. The average Bonchev–Trinajstić information content (AvgIpc) is 2.38. The molecular weight excluding hydrogens is 212 g/mol. The lowest BCUT2D eigenvalue weighted by atomic mass is 9.92. The first-order chi connectivity index (χ1) is 8.25. The van der Waals surface area contributed by atoms with Crippen molar-refractivity contribution in [2.75, 3.05) is 26.2 Å². The highest BCUT2D eigenvalue weighted by atomic mass is 16.3. The second-order valence-electron chi connectivity index (χ2n) is 5.86. The molecule has 2 heterocycles. The smallest absolute Gasteiger partial charge is 0.0541 e. The van der Waals surface area contributed by atoms with Gasteiger partial charge in [-0.15, -0.1) is 0 Å². The third-order valence-electron chi connectivity index (χ3n) is 4.52. The van der Waals surface area contributed by atoms with E-state index in [2.05, 4.69) is 10.2 Å². The van der Waals surface area contributed by atoms with Crippen molar-refractivity contribution in [3.8, 4) is 0 Å². The van der Waals surface area contributed by atoms with E-state index < -0.39 is 0 Å². The van der Waals surface area contributed by atoms with Crippen LogP contribution in [0, 0.1) is 5.92 Å². The van der Waals surface area contributed by atoms with Crippen LogP contribution in [0.5, 0.6) is 0 Å². The zero-order chi connectivity index (χ0) is 12.1. The topological polar surface area (TPSA) is 35.5 Å². The van der Waals surface area contributed by atoms with Crippen LogP contribution in [0.25, 0.3) is 0 Å². The predicted molar refractivity (Wildman–Crippen MR) is 71.1 cm³/mol. The molecule has 100 valence electrons. The number of hydrogen-bond donors (Lipinski definition) is 2. The molecule has 2 fully saturated rings. The summed E-state index contributed by atoms with van der Waals surface area (Å²) in [6.45, 7) is 6.76. The molecule has 0 spiro atoms. The van der Waals surface area contributed by atoms with Crippen LogP contribution < -0.4 is 5.32 Å². The molecule has 2 aliphatic rings. The molecule has 2 atom stereocenters. The third-order valence-corrected chi connectivity index (χ3v) is 4.52. The Morgan fingerprint density at radius 2 is 2.00 bits per heavy atom. The van der Waals surface area contributed by atoms with Crippen LogP contribution in [0.1, 0.15) is 45.4 Å². The molecule has 0 bridgehead atoms. The molecule has 0 aliphatic carbocycles. The van der Waals surface area contributed by atoms with Gasteiger partial charge in [-0.3, -0.25) is 0 Å². The highest BCUT2D eigenvalue weighted by Crippen LogP contribution is 2.21.